The van der Waals surface area contributed by atoms with Crippen molar-refractivity contribution in [1.29, 1.82) is 0 Å². The van der Waals surface area contributed by atoms with Crippen molar-refractivity contribution >= 4 is 5.69 Å². The number of hydrogen-bond acceptors (Lipinski definition) is 1. The Kier molecular flexibility index (Phi) is 6.30. The maximum atomic E-state index is 13.7. The summed E-state index contributed by atoms with van der Waals surface area (Å²) >= 11 is 0. The standard InChI is InChI=1S/C26H28FN/c1-5-21(6-2)25-16-23(22-9-7-8-18(3)13-22)10-11-26(25)28-17-20-12-19(4)14-24(27)15-20/h5,7-16,21,28H,1,6,17H2,2-4H3. The van der Waals surface area contributed by atoms with Crippen LogP contribution in [0.3, 0.4) is 0 Å². The molecule has 3 rings (SSSR count). The van der Waals surface area contributed by atoms with Gasteiger partial charge in [-0.3, -0.25) is 0 Å². The Bertz CT molecular complexity index is 954. The van der Waals surface area contributed by atoms with Crippen molar-refractivity contribution in [1.82, 2.24) is 0 Å². The minimum absolute atomic E-state index is 0.190. The molecule has 0 bridgehead atoms. The van der Waals surface area contributed by atoms with E-state index in [-0.39, 0.29) is 11.7 Å². The highest BCUT2D eigenvalue weighted by atomic mass is 19.1. The third kappa shape index (κ3) is 4.69. The van der Waals surface area contributed by atoms with Crippen LogP contribution in [0.15, 0.2) is 73.3 Å². The number of nitrogens with one attached hydrogen (secondary N) is 1. The second-order valence-electron chi connectivity index (χ2n) is 7.41. The lowest BCUT2D eigenvalue weighted by atomic mass is 9.91. The first-order chi connectivity index (χ1) is 13.5. The number of allylic oxidation sites excluding steroid dienone is 1. The summed E-state index contributed by atoms with van der Waals surface area (Å²) in [7, 11) is 0. The van der Waals surface area contributed by atoms with E-state index < -0.39 is 0 Å². The summed E-state index contributed by atoms with van der Waals surface area (Å²) < 4.78 is 13.7. The largest absolute Gasteiger partial charge is 0.381 e. The van der Waals surface area contributed by atoms with E-state index >= 15 is 0 Å². The van der Waals surface area contributed by atoms with Crippen LogP contribution in [-0.2, 0) is 6.54 Å². The molecule has 0 aliphatic rings. The molecule has 0 aliphatic carbocycles. The molecule has 1 atom stereocenters. The molecule has 0 fully saturated rings. The van der Waals surface area contributed by atoms with Gasteiger partial charge >= 0.3 is 0 Å². The van der Waals surface area contributed by atoms with Gasteiger partial charge in [0.25, 0.3) is 0 Å². The van der Waals surface area contributed by atoms with Gasteiger partial charge in [0.2, 0.25) is 0 Å². The lowest BCUT2D eigenvalue weighted by molar-refractivity contribution is 0.624. The minimum atomic E-state index is -0.190. The van der Waals surface area contributed by atoms with Crippen LogP contribution in [0.25, 0.3) is 11.1 Å². The molecule has 0 spiro atoms. The number of hydrogen-bond donors (Lipinski definition) is 1. The highest BCUT2D eigenvalue weighted by Crippen LogP contribution is 2.33. The Balaban J connectivity index is 1.94. The van der Waals surface area contributed by atoms with Gasteiger partial charge < -0.3 is 5.32 Å². The zero-order valence-electron chi connectivity index (χ0n) is 16.9. The maximum Gasteiger partial charge on any atom is 0.123 e. The fourth-order valence-electron chi connectivity index (χ4n) is 3.66. The molecule has 0 aromatic heterocycles. The zero-order valence-corrected chi connectivity index (χ0v) is 16.9. The van der Waals surface area contributed by atoms with Crippen molar-refractivity contribution in [3.63, 3.8) is 0 Å². The predicted octanol–water partition coefficient (Wildman–Crippen LogP) is 7.40. The summed E-state index contributed by atoms with van der Waals surface area (Å²) in [5, 5.41) is 3.51. The Morgan fingerprint density at radius 3 is 2.43 bits per heavy atom. The molecule has 1 nitrogen and oxygen atoms in total. The van der Waals surface area contributed by atoms with Crippen LogP contribution in [0.1, 0.15) is 41.5 Å². The van der Waals surface area contributed by atoms with Gasteiger partial charge in [-0.15, -0.1) is 6.58 Å². The van der Waals surface area contributed by atoms with E-state index in [1.807, 2.05) is 19.1 Å². The van der Waals surface area contributed by atoms with Crippen molar-refractivity contribution in [2.75, 3.05) is 5.32 Å². The van der Waals surface area contributed by atoms with E-state index in [1.165, 1.54) is 22.3 Å². The number of anilines is 1. The average molecular weight is 374 g/mol. The average Bonchev–Trinajstić information content (AvgIpc) is 2.67. The molecule has 3 aromatic rings. The van der Waals surface area contributed by atoms with Crippen LogP contribution < -0.4 is 5.32 Å². The van der Waals surface area contributed by atoms with Gasteiger partial charge in [0, 0.05) is 18.2 Å². The monoisotopic (exact) mass is 373 g/mol. The molecule has 2 heteroatoms. The summed E-state index contributed by atoms with van der Waals surface area (Å²) in [6, 6.07) is 20.2. The highest BCUT2D eigenvalue weighted by molar-refractivity contribution is 5.70. The summed E-state index contributed by atoms with van der Waals surface area (Å²) in [4.78, 5) is 0. The van der Waals surface area contributed by atoms with Gasteiger partial charge in [-0.1, -0.05) is 55.0 Å². The third-order valence-electron chi connectivity index (χ3n) is 5.11. The maximum absolute atomic E-state index is 13.7. The topological polar surface area (TPSA) is 12.0 Å². The van der Waals surface area contributed by atoms with E-state index in [0.717, 1.165) is 23.2 Å². The summed E-state index contributed by atoms with van der Waals surface area (Å²) in [6.07, 6.45) is 2.99. The van der Waals surface area contributed by atoms with E-state index in [0.29, 0.717) is 6.54 Å². The van der Waals surface area contributed by atoms with E-state index in [1.54, 1.807) is 12.1 Å². The van der Waals surface area contributed by atoms with Crippen LogP contribution in [0.4, 0.5) is 10.1 Å². The van der Waals surface area contributed by atoms with Crippen LogP contribution in [0.2, 0.25) is 0 Å². The number of aryl methyl sites for hydroxylation is 2. The Morgan fingerprint density at radius 1 is 0.964 bits per heavy atom. The van der Waals surface area contributed by atoms with Gasteiger partial charge in [-0.25, -0.2) is 4.39 Å². The molecule has 0 heterocycles. The Labute approximate surface area is 167 Å². The van der Waals surface area contributed by atoms with Gasteiger partial charge in [0.05, 0.1) is 0 Å². The van der Waals surface area contributed by atoms with E-state index in [9.17, 15) is 4.39 Å². The second-order valence-corrected chi connectivity index (χ2v) is 7.41. The molecule has 0 saturated carbocycles. The number of rotatable bonds is 7. The minimum Gasteiger partial charge on any atom is -0.381 e. The van der Waals surface area contributed by atoms with Gasteiger partial charge in [0.1, 0.15) is 5.82 Å². The van der Waals surface area contributed by atoms with Crippen molar-refractivity contribution < 1.29 is 4.39 Å². The van der Waals surface area contributed by atoms with Crippen molar-refractivity contribution in [2.45, 2.75) is 39.7 Å². The first kappa shape index (κ1) is 19.9. The van der Waals surface area contributed by atoms with Gasteiger partial charge in [0.15, 0.2) is 0 Å². The molecule has 1 unspecified atom stereocenters. The smallest absolute Gasteiger partial charge is 0.123 e. The Morgan fingerprint density at radius 2 is 1.75 bits per heavy atom. The summed E-state index contributed by atoms with van der Waals surface area (Å²) in [6.45, 7) is 10.8. The third-order valence-corrected chi connectivity index (χ3v) is 5.11. The lowest BCUT2D eigenvalue weighted by Gasteiger charge is -2.19. The van der Waals surface area contributed by atoms with Crippen LogP contribution in [0, 0.1) is 19.7 Å². The molecule has 144 valence electrons. The molecule has 0 amide bonds. The molecular formula is C26H28FN. The number of halogens is 1. The summed E-state index contributed by atoms with van der Waals surface area (Å²) in [5.74, 6) is 0.0749. The van der Waals surface area contributed by atoms with E-state index in [4.69, 9.17) is 0 Å². The lowest BCUT2D eigenvalue weighted by Crippen LogP contribution is -2.05. The number of benzene rings is 3. The molecule has 0 aliphatic heterocycles. The molecule has 28 heavy (non-hydrogen) atoms. The molecular weight excluding hydrogens is 345 g/mol. The normalized spacial score (nSPS) is 11.9. The zero-order chi connectivity index (χ0) is 20.1. The highest BCUT2D eigenvalue weighted by Gasteiger charge is 2.13. The second kappa shape index (κ2) is 8.88. The Hall–Kier alpha value is -2.87. The molecule has 0 radical (unpaired) electrons. The van der Waals surface area contributed by atoms with Crippen molar-refractivity contribution in [2.24, 2.45) is 0 Å². The van der Waals surface area contributed by atoms with Crippen LogP contribution in [-0.4, -0.2) is 0 Å². The molecule has 0 saturated heterocycles. The quantitative estimate of drug-likeness (QED) is 0.425. The van der Waals surface area contributed by atoms with Crippen LogP contribution in [0.5, 0.6) is 0 Å². The van der Waals surface area contributed by atoms with Crippen molar-refractivity contribution in [3.8, 4) is 11.1 Å². The molecule has 3 aromatic carbocycles. The van der Waals surface area contributed by atoms with Crippen LogP contribution >= 0.6 is 0 Å². The first-order valence-corrected chi connectivity index (χ1v) is 9.83. The first-order valence-electron chi connectivity index (χ1n) is 9.83. The summed E-state index contributed by atoms with van der Waals surface area (Å²) in [5.41, 5.74) is 7.84. The van der Waals surface area contributed by atoms with Gasteiger partial charge in [-0.05, 0) is 72.4 Å². The van der Waals surface area contributed by atoms with Gasteiger partial charge in [-0.2, -0.15) is 0 Å². The predicted molar refractivity (Wildman–Crippen MR) is 118 cm³/mol. The SMILES string of the molecule is C=CC(CC)c1cc(-c2cccc(C)c2)ccc1NCc1cc(C)cc(F)c1. The van der Waals surface area contributed by atoms with E-state index in [2.05, 4.69) is 68.2 Å². The fourth-order valence-corrected chi connectivity index (χ4v) is 3.66. The van der Waals surface area contributed by atoms with Crippen molar-refractivity contribution in [3.05, 3.63) is 101 Å². The fraction of sp³-hybridized carbons (Fsp3) is 0.231. The molecule has 1 N–H and O–H groups in total.